The fourth-order valence-corrected chi connectivity index (χ4v) is 1.72. The molecule has 0 aromatic carbocycles. The molecule has 0 saturated carbocycles. The van der Waals surface area contributed by atoms with Crippen molar-refractivity contribution >= 4 is 5.91 Å². The molecule has 1 rings (SSSR count). The van der Waals surface area contributed by atoms with E-state index >= 15 is 0 Å². The molecule has 4 heteroatoms. The van der Waals surface area contributed by atoms with Gasteiger partial charge in [0.1, 0.15) is 0 Å². The normalized spacial score (nSPS) is 28.1. The van der Waals surface area contributed by atoms with Crippen molar-refractivity contribution in [1.82, 2.24) is 10.6 Å². The van der Waals surface area contributed by atoms with Crippen LogP contribution in [0.2, 0.25) is 0 Å². The minimum atomic E-state index is -0.459. The van der Waals surface area contributed by atoms with Crippen LogP contribution in [-0.2, 0) is 4.79 Å². The molecule has 1 aliphatic heterocycles. The van der Waals surface area contributed by atoms with Crippen LogP contribution in [0.4, 0.5) is 0 Å². The van der Waals surface area contributed by atoms with Crippen molar-refractivity contribution < 1.29 is 9.90 Å². The van der Waals surface area contributed by atoms with Gasteiger partial charge in [-0.3, -0.25) is 4.79 Å². The lowest BCUT2D eigenvalue weighted by Crippen LogP contribution is -2.52. The monoisotopic (exact) mass is 214 g/mol. The second kappa shape index (κ2) is 4.94. The molecule has 15 heavy (non-hydrogen) atoms. The number of carbonyl (C=O) groups is 1. The average molecular weight is 214 g/mol. The second-order valence-electron chi connectivity index (χ2n) is 4.88. The predicted molar refractivity (Wildman–Crippen MR) is 59.5 cm³/mol. The lowest BCUT2D eigenvalue weighted by molar-refractivity contribution is -0.127. The highest BCUT2D eigenvalue weighted by Gasteiger charge is 2.35. The largest absolute Gasteiger partial charge is 0.391 e. The van der Waals surface area contributed by atoms with E-state index in [4.69, 9.17) is 0 Å². The van der Waals surface area contributed by atoms with Crippen LogP contribution in [0.15, 0.2) is 0 Å². The van der Waals surface area contributed by atoms with Crippen molar-refractivity contribution in [3.05, 3.63) is 0 Å². The molecule has 1 saturated heterocycles. The molecule has 1 fully saturated rings. The van der Waals surface area contributed by atoms with E-state index in [1.54, 1.807) is 0 Å². The molecule has 0 aliphatic carbocycles. The predicted octanol–water partition coefficient (Wildman–Crippen LogP) is 0.262. The van der Waals surface area contributed by atoms with Crippen LogP contribution in [0.1, 0.15) is 33.6 Å². The van der Waals surface area contributed by atoms with Crippen LogP contribution in [0.3, 0.4) is 0 Å². The van der Waals surface area contributed by atoms with Crippen molar-refractivity contribution in [2.45, 2.75) is 45.3 Å². The van der Waals surface area contributed by atoms with Gasteiger partial charge in [0.2, 0.25) is 5.91 Å². The summed E-state index contributed by atoms with van der Waals surface area (Å²) in [4.78, 5) is 11.8. The Hall–Kier alpha value is -0.610. The van der Waals surface area contributed by atoms with Gasteiger partial charge >= 0.3 is 0 Å². The van der Waals surface area contributed by atoms with Crippen molar-refractivity contribution in [3.63, 3.8) is 0 Å². The molecule has 1 heterocycles. The molecule has 88 valence electrons. The van der Waals surface area contributed by atoms with E-state index < -0.39 is 11.6 Å². The number of amides is 1. The first-order chi connectivity index (χ1) is 6.96. The zero-order valence-electron chi connectivity index (χ0n) is 9.84. The molecular formula is C11H22N2O2. The molecule has 0 spiro atoms. The third-order valence-electron chi connectivity index (χ3n) is 3.11. The Morgan fingerprint density at radius 3 is 2.73 bits per heavy atom. The number of aliphatic hydroxyl groups excluding tert-OH is 1. The number of hydrogen-bond donors (Lipinski definition) is 3. The number of hydrogen-bond acceptors (Lipinski definition) is 3. The summed E-state index contributed by atoms with van der Waals surface area (Å²) in [6, 6.07) is 0. The van der Waals surface area contributed by atoms with Crippen LogP contribution in [0.25, 0.3) is 0 Å². The highest BCUT2D eigenvalue weighted by atomic mass is 16.3. The highest BCUT2D eigenvalue weighted by Crippen LogP contribution is 2.18. The first kappa shape index (κ1) is 12.5. The van der Waals surface area contributed by atoms with Gasteiger partial charge in [-0.25, -0.2) is 0 Å². The summed E-state index contributed by atoms with van der Waals surface area (Å²) in [7, 11) is 0. The first-order valence-electron chi connectivity index (χ1n) is 5.67. The molecule has 0 aromatic rings. The van der Waals surface area contributed by atoms with Gasteiger partial charge in [0.15, 0.2) is 0 Å². The number of rotatable bonds is 4. The second-order valence-corrected chi connectivity index (χ2v) is 4.88. The minimum Gasteiger partial charge on any atom is -0.391 e. The van der Waals surface area contributed by atoms with Crippen molar-refractivity contribution in [1.29, 1.82) is 0 Å². The van der Waals surface area contributed by atoms with Crippen LogP contribution in [0.5, 0.6) is 0 Å². The fourth-order valence-electron chi connectivity index (χ4n) is 1.72. The van der Waals surface area contributed by atoms with Gasteiger partial charge in [0, 0.05) is 6.54 Å². The molecule has 4 nitrogen and oxygen atoms in total. The number of nitrogens with one attached hydrogen (secondary N) is 2. The molecule has 0 radical (unpaired) electrons. The maximum Gasteiger partial charge on any atom is 0.240 e. The zero-order chi connectivity index (χ0) is 11.5. The summed E-state index contributed by atoms with van der Waals surface area (Å²) >= 11 is 0. The summed E-state index contributed by atoms with van der Waals surface area (Å²) in [6.07, 6.45) is 1.45. The smallest absolute Gasteiger partial charge is 0.240 e. The van der Waals surface area contributed by atoms with Gasteiger partial charge in [0.05, 0.1) is 11.6 Å². The molecule has 0 bridgehead atoms. The number of aliphatic hydroxyl groups is 1. The SMILES string of the molecule is CC(C)C(O)CNC(=O)C1(C)CCCN1. The van der Waals surface area contributed by atoms with Gasteiger partial charge in [-0.1, -0.05) is 13.8 Å². The summed E-state index contributed by atoms with van der Waals surface area (Å²) in [5, 5.41) is 15.6. The molecule has 0 aromatic heterocycles. The molecule has 1 aliphatic rings. The minimum absolute atomic E-state index is 0.000278. The summed E-state index contributed by atoms with van der Waals surface area (Å²) in [6.45, 7) is 7.03. The van der Waals surface area contributed by atoms with E-state index in [1.807, 2.05) is 20.8 Å². The van der Waals surface area contributed by atoms with E-state index in [-0.39, 0.29) is 11.8 Å². The Morgan fingerprint density at radius 2 is 2.27 bits per heavy atom. The first-order valence-corrected chi connectivity index (χ1v) is 5.67. The van der Waals surface area contributed by atoms with Crippen molar-refractivity contribution in [2.75, 3.05) is 13.1 Å². The van der Waals surface area contributed by atoms with E-state index in [0.29, 0.717) is 6.54 Å². The maximum atomic E-state index is 11.8. The van der Waals surface area contributed by atoms with Crippen LogP contribution < -0.4 is 10.6 Å². The molecule has 2 unspecified atom stereocenters. The van der Waals surface area contributed by atoms with Gasteiger partial charge < -0.3 is 15.7 Å². The highest BCUT2D eigenvalue weighted by molar-refractivity contribution is 5.86. The molecule has 2 atom stereocenters. The Bertz CT molecular complexity index is 223. The Morgan fingerprint density at radius 1 is 1.60 bits per heavy atom. The standard InChI is InChI=1S/C11H22N2O2/c1-8(2)9(14)7-12-10(15)11(3)5-4-6-13-11/h8-9,13-14H,4-7H2,1-3H3,(H,12,15). The Labute approximate surface area is 91.4 Å². The van der Waals surface area contributed by atoms with Gasteiger partial charge in [-0.15, -0.1) is 0 Å². The lowest BCUT2D eigenvalue weighted by Gasteiger charge is -2.24. The lowest BCUT2D eigenvalue weighted by atomic mass is 9.99. The fraction of sp³-hybridized carbons (Fsp3) is 0.909. The Balaban J connectivity index is 2.35. The molecule has 3 N–H and O–H groups in total. The van der Waals surface area contributed by atoms with Crippen LogP contribution in [0, 0.1) is 5.92 Å². The van der Waals surface area contributed by atoms with E-state index in [1.165, 1.54) is 0 Å². The average Bonchev–Trinajstić information content (AvgIpc) is 2.62. The third kappa shape index (κ3) is 3.18. The van der Waals surface area contributed by atoms with Crippen molar-refractivity contribution in [2.24, 2.45) is 5.92 Å². The number of carbonyl (C=O) groups excluding carboxylic acids is 1. The summed E-state index contributed by atoms with van der Waals surface area (Å²) in [5.41, 5.74) is -0.434. The quantitative estimate of drug-likeness (QED) is 0.629. The van der Waals surface area contributed by atoms with Gasteiger partial charge in [-0.05, 0) is 32.2 Å². The van der Waals surface area contributed by atoms with Crippen molar-refractivity contribution in [3.8, 4) is 0 Å². The van der Waals surface area contributed by atoms with Crippen LogP contribution in [-0.4, -0.2) is 35.7 Å². The maximum absolute atomic E-state index is 11.8. The zero-order valence-corrected chi connectivity index (χ0v) is 9.84. The van der Waals surface area contributed by atoms with Crippen LogP contribution >= 0.6 is 0 Å². The van der Waals surface area contributed by atoms with Gasteiger partial charge in [-0.2, -0.15) is 0 Å². The summed E-state index contributed by atoms with van der Waals surface area (Å²) < 4.78 is 0. The van der Waals surface area contributed by atoms with E-state index in [2.05, 4.69) is 10.6 Å². The summed E-state index contributed by atoms with van der Waals surface area (Å²) in [5.74, 6) is 0.175. The molecule has 1 amide bonds. The van der Waals surface area contributed by atoms with E-state index in [9.17, 15) is 9.90 Å². The van der Waals surface area contributed by atoms with Gasteiger partial charge in [0.25, 0.3) is 0 Å². The molecular weight excluding hydrogens is 192 g/mol. The van der Waals surface area contributed by atoms with E-state index in [0.717, 1.165) is 19.4 Å². The topological polar surface area (TPSA) is 61.4 Å². The third-order valence-corrected chi connectivity index (χ3v) is 3.11. The Kier molecular flexibility index (Phi) is 4.11.